The number of fused-ring (bicyclic) bond motifs is 1. The van der Waals surface area contributed by atoms with E-state index in [2.05, 4.69) is 50.9 Å². The van der Waals surface area contributed by atoms with Crippen LogP contribution in [0, 0.1) is 6.92 Å². The Morgan fingerprint density at radius 3 is 2.24 bits per heavy atom. The Bertz CT molecular complexity index is 1450. The van der Waals surface area contributed by atoms with Gasteiger partial charge in [0, 0.05) is 25.8 Å². The van der Waals surface area contributed by atoms with Crippen LogP contribution in [0.25, 0.3) is 10.2 Å². The van der Waals surface area contributed by atoms with Gasteiger partial charge < -0.3 is 14.2 Å². The minimum Gasteiger partial charge on any atom is -0.744 e. The van der Waals surface area contributed by atoms with Crippen LogP contribution in [-0.2, 0) is 16.7 Å². The summed E-state index contributed by atoms with van der Waals surface area (Å²) in [5.41, 5.74) is 4.11. The van der Waals surface area contributed by atoms with Crippen LogP contribution in [-0.4, -0.2) is 34.2 Å². The molecule has 3 aromatic carbocycles. The molecular weight excluding hydrogens is 508 g/mol. The molecule has 37 heavy (non-hydrogen) atoms. The molecule has 4 rings (SSSR count). The summed E-state index contributed by atoms with van der Waals surface area (Å²) in [5.74, 6) is 0.865. The van der Waals surface area contributed by atoms with E-state index in [1.54, 1.807) is 30.6 Å². The summed E-state index contributed by atoms with van der Waals surface area (Å²) in [6, 6.07) is 20.0. The highest BCUT2D eigenvalue weighted by Gasteiger charge is 2.19. The van der Waals surface area contributed by atoms with Crippen molar-refractivity contribution >= 4 is 48.2 Å². The molecular formula is C27H32N4O4S2. The maximum Gasteiger partial charge on any atom is 0.409 e. The fourth-order valence-electron chi connectivity index (χ4n) is 3.41. The number of rotatable bonds is 8. The number of methoxy groups -OCH3 is 1. The average Bonchev–Trinajstić information content (AvgIpc) is 3.22. The van der Waals surface area contributed by atoms with Gasteiger partial charge in [0.05, 0.1) is 28.4 Å². The average molecular weight is 541 g/mol. The first-order valence-corrected chi connectivity index (χ1v) is 14.1. The Morgan fingerprint density at radius 2 is 1.68 bits per heavy atom. The van der Waals surface area contributed by atoms with Crippen LogP contribution >= 0.6 is 11.3 Å². The minimum atomic E-state index is -4.27. The Labute approximate surface area is 222 Å². The van der Waals surface area contributed by atoms with Crippen LogP contribution in [0.1, 0.15) is 25.3 Å². The lowest BCUT2D eigenvalue weighted by Crippen LogP contribution is -2.32. The van der Waals surface area contributed by atoms with Crippen LogP contribution in [0.4, 0.5) is 16.5 Å². The molecule has 0 bridgehead atoms. The normalized spacial score (nSPS) is 11.4. The topological polar surface area (TPSA) is 98.3 Å². The van der Waals surface area contributed by atoms with Crippen molar-refractivity contribution in [3.05, 3.63) is 72.3 Å². The number of hydrogen-bond acceptors (Lipinski definition) is 8. The molecule has 1 aromatic heterocycles. The van der Waals surface area contributed by atoms with Crippen molar-refractivity contribution in [3.8, 4) is 5.75 Å². The Balaban J connectivity index is 0.000000289. The van der Waals surface area contributed by atoms with Gasteiger partial charge in [-0.15, -0.1) is 0 Å². The molecule has 196 valence electrons. The summed E-state index contributed by atoms with van der Waals surface area (Å²) in [4.78, 5) is 1.89. The second-order valence-electron chi connectivity index (χ2n) is 8.60. The summed E-state index contributed by atoms with van der Waals surface area (Å²) >= 11 is 1.65. The molecule has 0 aliphatic rings. The highest BCUT2D eigenvalue weighted by molar-refractivity contribution is 7.85. The number of benzene rings is 3. The first kappa shape index (κ1) is 28.2. The standard InChI is InChI=1S/C20H25N4OS.C7H8O3S/c1-5-6-13-24-18-12-11-17(25-4)14-19(18)26-20(24)22-21-15-7-9-16(10-8-15)23(2)3;1-6-2-4-7(5-3-6)11(8,9)10/h7-12,14H,5-6,13H2,1-4H3;2-5H,1H3,(H,8,9,10)/q+1;/p-1. The predicted molar refractivity (Wildman–Crippen MR) is 148 cm³/mol. The summed E-state index contributed by atoms with van der Waals surface area (Å²) in [7, 11) is 1.48. The predicted octanol–water partition coefficient (Wildman–Crippen LogP) is 6.38. The molecule has 0 aliphatic heterocycles. The van der Waals surface area contributed by atoms with Crippen molar-refractivity contribution in [3.63, 3.8) is 0 Å². The van der Waals surface area contributed by atoms with Gasteiger partial charge in [0.15, 0.2) is 0 Å². The fraction of sp³-hybridized carbons (Fsp3) is 0.296. The smallest absolute Gasteiger partial charge is 0.409 e. The first-order valence-electron chi connectivity index (χ1n) is 11.8. The SMILES string of the molecule is CCCC[n+]1c(N=Nc2ccc(N(C)C)cc2)sc2cc(OC)ccc21.Cc1ccc(S(=O)(=O)[O-])cc1. The van der Waals surface area contributed by atoms with Gasteiger partial charge in [0.2, 0.25) is 0 Å². The lowest BCUT2D eigenvalue weighted by Gasteiger charge is -2.11. The van der Waals surface area contributed by atoms with Gasteiger partial charge in [-0.3, -0.25) is 0 Å². The number of aromatic nitrogens is 1. The molecule has 0 radical (unpaired) electrons. The van der Waals surface area contributed by atoms with Gasteiger partial charge in [-0.1, -0.05) is 31.0 Å². The van der Waals surface area contributed by atoms with Gasteiger partial charge in [-0.2, -0.15) is 0 Å². The number of nitrogens with zero attached hydrogens (tertiary/aromatic N) is 4. The molecule has 0 saturated carbocycles. The van der Waals surface area contributed by atoms with E-state index in [0.29, 0.717) is 0 Å². The number of hydrogen-bond donors (Lipinski definition) is 0. The van der Waals surface area contributed by atoms with Crippen molar-refractivity contribution in [2.45, 2.75) is 38.1 Å². The second-order valence-corrected chi connectivity index (χ2v) is 11.0. The quantitative estimate of drug-likeness (QED) is 0.147. The lowest BCUT2D eigenvalue weighted by atomic mass is 10.2. The van der Waals surface area contributed by atoms with Crippen LogP contribution in [0.5, 0.6) is 5.75 Å². The molecule has 0 N–H and O–H groups in total. The largest absolute Gasteiger partial charge is 0.744 e. The second kappa shape index (κ2) is 12.8. The van der Waals surface area contributed by atoms with E-state index >= 15 is 0 Å². The minimum absolute atomic E-state index is 0.178. The Morgan fingerprint density at radius 1 is 1.00 bits per heavy atom. The van der Waals surface area contributed by atoms with Gasteiger partial charge >= 0.3 is 5.13 Å². The van der Waals surface area contributed by atoms with E-state index in [4.69, 9.17) is 4.74 Å². The number of thiazole rings is 1. The van der Waals surface area contributed by atoms with Crippen molar-refractivity contribution in [2.75, 3.05) is 26.1 Å². The van der Waals surface area contributed by atoms with Gasteiger partial charge in [-0.05, 0) is 78.3 Å². The number of azo groups is 1. The molecule has 0 aliphatic carbocycles. The summed E-state index contributed by atoms with van der Waals surface area (Å²) in [5, 5.41) is 9.91. The Hall–Kier alpha value is -3.34. The van der Waals surface area contributed by atoms with E-state index in [0.717, 1.165) is 51.9 Å². The third-order valence-electron chi connectivity index (χ3n) is 5.55. The molecule has 1 heterocycles. The van der Waals surface area contributed by atoms with Crippen molar-refractivity contribution in [2.24, 2.45) is 10.2 Å². The number of ether oxygens (including phenoxy) is 1. The number of unbranched alkanes of at least 4 members (excludes halogenated alkanes) is 1. The fourth-order valence-corrected chi connectivity index (χ4v) is 4.92. The highest BCUT2D eigenvalue weighted by Crippen LogP contribution is 2.31. The summed E-state index contributed by atoms with van der Waals surface area (Å²) in [6.45, 7) is 4.96. The van der Waals surface area contributed by atoms with Gasteiger partial charge in [-0.25, -0.2) is 13.0 Å². The van der Waals surface area contributed by atoms with E-state index in [1.165, 1.54) is 17.6 Å². The molecule has 0 atom stereocenters. The van der Waals surface area contributed by atoms with Crippen LogP contribution < -0.4 is 14.2 Å². The van der Waals surface area contributed by atoms with Crippen LogP contribution in [0.2, 0.25) is 0 Å². The maximum absolute atomic E-state index is 10.4. The van der Waals surface area contributed by atoms with Gasteiger partial charge in [0.1, 0.15) is 27.1 Å². The van der Waals surface area contributed by atoms with E-state index in [9.17, 15) is 13.0 Å². The Kier molecular flexibility index (Phi) is 9.73. The molecule has 0 amide bonds. The van der Waals surface area contributed by atoms with Crippen molar-refractivity contribution < 1.29 is 22.3 Å². The zero-order valence-electron chi connectivity index (χ0n) is 21.7. The summed E-state index contributed by atoms with van der Waals surface area (Å²) in [6.07, 6.45) is 2.26. The molecule has 0 saturated heterocycles. The zero-order valence-corrected chi connectivity index (χ0v) is 23.3. The lowest BCUT2D eigenvalue weighted by molar-refractivity contribution is -0.655. The van der Waals surface area contributed by atoms with Crippen molar-refractivity contribution in [1.82, 2.24) is 0 Å². The van der Waals surface area contributed by atoms with E-state index < -0.39 is 10.1 Å². The first-order chi connectivity index (χ1) is 17.6. The maximum atomic E-state index is 10.4. The monoisotopic (exact) mass is 540 g/mol. The molecule has 10 heteroatoms. The zero-order chi connectivity index (χ0) is 27.0. The summed E-state index contributed by atoms with van der Waals surface area (Å²) < 4.78 is 39.9. The van der Waals surface area contributed by atoms with Gasteiger partial charge in [0.25, 0.3) is 0 Å². The third-order valence-corrected chi connectivity index (χ3v) is 7.43. The molecule has 0 spiro atoms. The highest BCUT2D eigenvalue weighted by atomic mass is 32.2. The molecule has 8 nitrogen and oxygen atoms in total. The van der Waals surface area contributed by atoms with Crippen LogP contribution in [0.15, 0.2) is 81.9 Å². The molecule has 4 aromatic rings. The van der Waals surface area contributed by atoms with E-state index in [1.807, 2.05) is 39.2 Å². The van der Waals surface area contributed by atoms with E-state index in [-0.39, 0.29) is 4.90 Å². The van der Waals surface area contributed by atoms with Crippen molar-refractivity contribution in [1.29, 1.82) is 0 Å². The van der Waals surface area contributed by atoms with Crippen LogP contribution in [0.3, 0.4) is 0 Å². The molecule has 0 fully saturated rings. The number of aryl methyl sites for hydroxylation is 2. The third kappa shape index (κ3) is 7.82. The number of anilines is 1. The molecule has 0 unspecified atom stereocenters.